The minimum atomic E-state index is -0.0316. The van der Waals surface area contributed by atoms with Crippen LogP contribution in [0.5, 0.6) is 0 Å². The van der Waals surface area contributed by atoms with Crippen LogP contribution in [0.2, 0.25) is 0 Å². The Bertz CT molecular complexity index is 148. The van der Waals surface area contributed by atoms with Crippen LogP contribution in [0.15, 0.2) is 0 Å². The molecule has 0 spiro atoms. The van der Waals surface area contributed by atoms with E-state index in [-0.39, 0.29) is 6.03 Å². The van der Waals surface area contributed by atoms with Crippen LogP contribution in [0.25, 0.3) is 0 Å². The van der Waals surface area contributed by atoms with E-state index in [2.05, 4.69) is 24.5 Å². The van der Waals surface area contributed by atoms with Crippen molar-refractivity contribution >= 4 is 6.03 Å². The van der Waals surface area contributed by atoms with Crippen molar-refractivity contribution in [1.82, 2.24) is 10.6 Å². The third-order valence-electron chi connectivity index (χ3n) is 2.15. The van der Waals surface area contributed by atoms with Crippen molar-refractivity contribution in [2.24, 2.45) is 0 Å². The third kappa shape index (κ3) is 7.90. The van der Waals surface area contributed by atoms with Gasteiger partial charge in [0.2, 0.25) is 0 Å². The van der Waals surface area contributed by atoms with E-state index in [0.717, 1.165) is 19.4 Å². The molecular weight excluding hydrogens is 176 g/mol. The van der Waals surface area contributed by atoms with Gasteiger partial charge in [-0.1, -0.05) is 33.1 Å². The van der Waals surface area contributed by atoms with Gasteiger partial charge in [-0.3, -0.25) is 0 Å². The lowest BCUT2D eigenvalue weighted by atomic mass is 10.1. The summed E-state index contributed by atoms with van der Waals surface area (Å²) in [5.41, 5.74) is 0. The van der Waals surface area contributed by atoms with Crippen molar-refractivity contribution in [1.29, 1.82) is 0 Å². The van der Waals surface area contributed by atoms with E-state index in [0.29, 0.717) is 6.04 Å². The van der Waals surface area contributed by atoms with Gasteiger partial charge in [-0.15, -0.1) is 0 Å². The highest BCUT2D eigenvalue weighted by atomic mass is 16.2. The minimum absolute atomic E-state index is 0.0316. The number of urea groups is 1. The molecule has 0 fully saturated rings. The fraction of sp³-hybridized carbons (Fsp3) is 0.909. The van der Waals surface area contributed by atoms with Gasteiger partial charge in [-0.2, -0.15) is 0 Å². The van der Waals surface area contributed by atoms with Crippen LogP contribution in [0.3, 0.4) is 0 Å². The molecule has 3 heteroatoms. The lowest BCUT2D eigenvalue weighted by Gasteiger charge is -2.13. The predicted molar refractivity (Wildman–Crippen MR) is 60.4 cm³/mol. The molecule has 0 saturated heterocycles. The van der Waals surface area contributed by atoms with Crippen molar-refractivity contribution in [2.45, 2.75) is 58.9 Å². The number of unbranched alkanes of at least 4 members (excludes halogenated alkanes) is 2. The molecular formula is C11H24N2O. The summed E-state index contributed by atoms with van der Waals surface area (Å²) in [5.74, 6) is 0. The molecule has 14 heavy (non-hydrogen) atoms. The maximum absolute atomic E-state index is 11.2. The minimum Gasteiger partial charge on any atom is -0.338 e. The Hall–Kier alpha value is -0.730. The van der Waals surface area contributed by atoms with E-state index in [1.54, 1.807) is 0 Å². The molecule has 0 rings (SSSR count). The van der Waals surface area contributed by atoms with Gasteiger partial charge < -0.3 is 10.6 Å². The van der Waals surface area contributed by atoms with E-state index in [1.807, 2.05) is 6.92 Å². The summed E-state index contributed by atoms with van der Waals surface area (Å²) in [6.07, 6.45) is 5.74. The first-order valence-corrected chi connectivity index (χ1v) is 5.75. The van der Waals surface area contributed by atoms with Crippen LogP contribution >= 0.6 is 0 Å². The standard InChI is InChI=1S/C11H24N2O/c1-4-6-7-8-10(3)13-11(14)12-9-5-2/h10H,4-9H2,1-3H3,(H2,12,13,14)/t10-/m1/s1. The maximum atomic E-state index is 11.2. The Kier molecular flexibility index (Phi) is 8.39. The second-order valence-corrected chi connectivity index (χ2v) is 3.80. The van der Waals surface area contributed by atoms with Crippen LogP contribution in [0.4, 0.5) is 4.79 Å². The maximum Gasteiger partial charge on any atom is 0.314 e. The summed E-state index contributed by atoms with van der Waals surface area (Å²) in [4.78, 5) is 11.2. The largest absolute Gasteiger partial charge is 0.338 e. The molecule has 0 heterocycles. The summed E-state index contributed by atoms with van der Waals surface area (Å²) in [6, 6.07) is 0.259. The van der Waals surface area contributed by atoms with Crippen molar-refractivity contribution in [3.63, 3.8) is 0 Å². The number of carbonyl (C=O) groups is 1. The van der Waals surface area contributed by atoms with E-state index in [1.165, 1.54) is 19.3 Å². The first-order valence-electron chi connectivity index (χ1n) is 5.75. The van der Waals surface area contributed by atoms with Gasteiger partial charge >= 0.3 is 6.03 Å². The second kappa shape index (κ2) is 8.85. The molecule has 84 valence electrons. The summed E-state index contributed by atoms with van der Waals surface area (Å²) in [7, 11) is 0. The monoisotopic (exact) mass is 200 g/mol. The molecule has 0 bridgehead atoms. The molecule has 3 nitrogen and oxygen atoms in total. The Morgan fingerprint density at radius 3 is 2.50 bits per heavy atom. The highest BCUT2D eigenvalue weighted by molar-refractivity contribution is 5.74. The Labute approximate surface area is 87.6 Å². The van der Waals surface area contributed by atoms with Crippen LogP contribution in [0.1, 0.15) is 52.9 Å². The average molecular weight is 200 g/mol. The van der Waals surface area contributed by atoms with Crippen LogP contribution in [-0.2, 0) is 0 Å². The van der Waals surface area contributed by atoms with E-state index < -0.39 is 0 Å². The number of hydrogen-bond acceptors (Lipinski definition) is 1. The van der Waals surface area contributed by atoms with Crippen molar-refractivity contribution in [3.05, 3.63) is 0 Å². The Morgan fingerprint density at radius 2 is 1.93 bits per heavy atom. The average Bonchev–Trinajstić information content (AvgIpc) is 2.15. The van der Waals surface area contributed by atoms with Gasteiger partial charge in [0, 0.05) is 12.6 Å². The molecule has 0 radical (unpaired) electrons. The van der Waals surface area contributed by atoms with Crippen molar-refractivity contribution in [2.75, 3.05) is 6.54 Å². The molecule has 0 aromatic carbocycles. The van der Waals surface area contributed by atoms with Crippen LogP contribution < -0.4 is 10.6 Å². The van der Waals surface area contributed by atoms with Crippen molar-refractivity contribution in [3.8, 4) is 0 Å². The summed E-state index contributed by atoms with van der Waals surface area (Å²) in [5, 5.41) is 5.73. The molecule has 1 atom stereocenters. The normalized spacial score (nSPS) is 12.2. The smallest absolute Gasteiger partial charge is 0.314 e. The summed E-state index contributed by atoms with van der Waals surface area (Å²) in [6.45, 7) is 7.05. The van der Waals surface area contributed by atoms with Gasteiger partial charge in [-0.05, 0) is 19.8 Å². The molecule has 2 amide bonds. The molecule has 0 aliphatic rings. The van der Waals surface area contributed by atoms with Crippen LogP contribution in [0, 0.1) is 0 Å². The summed E-state index contributed by atoms with van der Waals surface area (Å²) >= 11 is 0. The topological polar surface area (TPSA) is 41.1 Å². The third-order valence-corrected chi connectivity index (χ3v) is 2.15. The molecule has 2 N–H and O–H groups in total. The fourth-order valence-electron chi connectivity index (χ4n) is 1.29. The van der Waals surface area contributed by atoms with Gasteiger partial charge in [0.25, 0.3) is 0 Å². The molecule has 0 aromatic heterocycles. The van der Waals surface area contributed by atoms with Gasteiger partial charge in [0.1, 0.15) is 0 Å². The molecule has 0 unspecified atom stereocenters. The molecule has 0 aliphatic heterocycles. The first-order chi connectivity index (χ1) is 6.70. The number of nitrogens with one attached hydrogen (secondary N) is 2. The van der Waals surface area contributed by atoms with Crippen molar-refractivity contribution < 1.29 is 4.79 Å². The highest BCUT2D eigenvalue weighted by Gasteiger charge is 2.04. The number of amides is 2. The quantitative estimate of drug-likeness (QED) is 0.609. The van der Waals surface area contributed by atoms with Gasteiger partial charge in [0.15, 0.2) is 0 Å². The number of carbonyl (C=O) groups excluding carboxylic acids is 1. The highest BCUT2D eigenvalue weighted by Crippen LogP contribution is 2.02. The number of rotatable bonds is 7. The van der Waals surface area contributed by atoms with Gasteiger partial charge in [0.05, 0.1) is 0 Å². The molecule has 0 saturated carbocycles. The Morgan fingerprint density at radius 1 is 1.21 bits per heavy atom. The Balaban J connectivity index is 3.40. The second-order valence-electron chi connectivity index (χ2n) is 3.80. The fourth-order valence-corrected chi connectivity index (χ4v) is 1.29. The zero-order valence-corrected chi connectivity index (χ0v) is 9.73. The molecule has 0 aliphatic carbocycles. The van der Waals surface area contributed by atoms with E-state index >= 15 is 0 Å². The zero-order valence-electron chi connectivity index (χ0n) is 9.73. The summed E-state index contributed by atoms with van der Waals surface area (Å²) < 4.78 is 0. The van der Waals surface area contributed by atoms with Crippen LogP contribution in [-0.4, -0.2) is 18.6 Å². The van der Waals surface area contributed by atoms with Gasteiger partial charge in [-0.25, -0.2) is 4.79 Å². The lowest BCUT2D eigenvalue weighted by Crippen LogP contribution is -2.40. The SMILES string of the molecule is CCCCC[C@@H](C)NC(=O)NCCC. The molecule has 0 aromatic rings. The number of hydrogen-bond donors (Lipinski definition) is 2. The van der Waals surface area contributed by atoms with E-state index in [4.69, 9.17) is 0 Å². The van der Waals surface area contributed by atoms with E-state index in [9.17, 15) is 4.79 Å². The first kappa shape index (κ1) is 13.3. The predicted octanol–water partition coefficient (Wildman–Crippen LogP) is 2.66. The zero-order chi connectivity index (χ0) is 10.8. The lowest BCUT2D eigenvalue weighted by molar-refractivity contribution is 0.237.